The van der Waals surface area contributed by atoms with Crippen molar-refractivity contribution < 1.29 is 4.74 Å². The quantitative estimate of drug-likeness (QED) is 0.579. The van der Waals surface area contributed by atoms with Crippen molar-refractivity contribution in [3.63, 3.8) is 0 Å². The molecule has 0 aliphatic carbocycles. The van der Waals surface area contributed by atoms with Crippen LogP contribution in [0.2, 0.25) is 0 Å². The van der Waals surface area contributed by atoms with Gasteiger partial charge in [-0.25, -0.2) is 4.68 Å². The minimum absolute atomic E-state index is 0.155. The summed E-state index contributed by atoms with van der Waals surface area (Å²) in [6, 6.07) is 10.2. The molecule has 1 fully saturated rings. The van der Waals surface area contributed by atoms with Gasteiger partial charge in [-0.1, -0.05) is 39.0 Å². The summed E-state index contributed by atoms with van der Waals surface area (Å²) in [7, 11) is 1.82. The average Bonchev–Trinajstić information content (AvgIpc) is 3.19. The van der Waals surface area contributed by atoms with Crippen molar-refractivity contribution in [3.05, 3.63) is 48.3 Å². The molecule has 0 radical (unpaired) electrons. The zero-order valence-corrected chi connectivity index (χ0v) is 18.2. The van der Waals surface area contributed by atoms with Crippen LogP contribution in [0.25, 0.3) is 5.69 Å². The molecule has 1 aliphatic rings. The van der Waals surface area contributed by atoms with E-state index in [2.05, 4.69) is 59.8 Å². The predicted octanol–water partition coefficient (Wildman–Crippen LogP) is 3.42. The van der Waals surface area contributed by atoms with Crippen molar-refractivity contribution in [2.45, 2.75) is 46.1 Å². The van der Waals surface area contributed by atoms with Crippen LogP contribution in [0, 0.1) is 11.3 Å². The summed E-state index contributed by atoms with van der Waals surface area (Å²) in [6.45, 7) is 9.36. The Hall–Kier alpha value is -2.34. The summed E-state index contributed by atoms with van der Waals surface area (Å²) in [4.78, 5) is 4.38. The van der Waals surface area contributed by atoms with Crippen LogP contribution < -0.4 is 10.6 Å². The molecule has 2 atom stereocenters. The number of para-hydroxylation sites is 1. The van der Waals surface area contributed by atoms with Gasteiger partial charge in [0.15, 0.2) is 5.96 Å². The minimum Gasteiger partial charge on any atom is -0.377 e. The molecule has 0 bridgehead atoms. The molecule has 158 valence electrons. The second kappa shape index (κ2) is 9.92. The third-order valence-electron chi connectivity index (χ3n) is 5.42. The molecule has 1 aromatic carbocycles. The Morgan fingerprint density at radius 3 is 2.76 bits per heavy atom. The maximum absolute atomic E-state index is 6.09. The minimum atomic E-state index is 0.155. The Kier molecular flexibility index (Phi) is 7.31. The van der Waals surface area contributed by atoms with E-state index >= 15 is 0 Å². The fourth-order valence-corrected chi connectivity index (χ4v) is 3.99. The molecule has 0 saturated carbocycles. The summed E-state index contributed by atoms with van der Waals surface area (Å²) in [5.41, 5.74) is 2.43. The molecule has 3 rings (SSSR count). The second-order valence-electron chi connectivity index (χ2n) is 8.82. The van der Waals surface area contributed by atoms with Crippen molar-refractivity contribution in [3.8, 4) is 5.69 Å². The van der Waals surface area contributed by atoms with E-state index in [0.717, 1.165) is 44.2 Å². The molecule has 2 heterocycles. The van der Waals surface area contributed by atoms with E-state index in [1.807, 2.05) is 36.1 Å². The molecule has 1 saturated heterocycles. The molecule has 0 spiro atoms. The van der Waals surface area contributed by atoms with E-state index in [-0.39, 0.29) is 11.5 Å². The standard InChI is InChI=1S/C23H35N5O/c1-23(2,3)21-19(9-8-14-29-21)16-26-22(24-4)25-13-12-18-15-27-28(17-18)20-10-6-5-7-11-20/h5-7,10-11,15,17,19,21H,8-9,12-14,16H2,1-4H3,(H2,24,25,26). The largest absolute Gasteiger partial charge is 0.377 e. The SMILES string of the molecule is CN=C(NCCc1cnn(-c2ccccc2)c1)NCC1CCCOC1C(C)(C)C. The number of rotatable bonds is 6. The maximum atomic E-state index is 6.09. The highest BCUT2D eigenvalue weighted by Gasteiger charge is 2.35. The number of nitrogens with zero attached hydrogens (tertiary/aromatic N) is 3. The number of aromatic nitrogens is 2. The molecule has 2 N–H and O–H groups in total. The fraction of sp³-hybridized carbons (Fsp3) is 0.565. The lowest BCUT2D eigenvalue weighted by molar-refractivity contribution is -0.0835. The lowest BCUT2D eigenvalue weighted by Gasteiger charge is -2.40. The molecule has 6 nitrogen and oxygen atoms in total. The van der Waals surface area contributed by atoms with Gasteiger partial charge in [0.2, 0.25) is 0 Å². The first-order valence-corrected chi connectivity index (χ1v) is 10.6. The van der Waals surface area contributed by atoms with Gasteiger partial charge in [0.25, 0.3) is 0 Å². The van der Waals surface area contributed by atoms with Crippen LogP contribution in [0.15, 0.2) is 47.7 Å². The topological polar surface area (TPSA) is 63.5 Å². The van der Waals surface area contributed by atoms with Crippen LogP contribution in [-0.4, -0.2) is 48.6 Å². The number of hydrogen-bond donors (Lipinski definition) is 2. The third kappa shape index (κ3) is 6.07. The van der Waals surface area contributed by atoms with Crippen LogP contribution in [0.3, 0.4) is 0 Å². The Labute approximate surface area is 174 Å². The Morgan fingerprint density at radius 1 is 1.24 bits per heavy atom. The number of benzene rings is 1. The van der Waals surface area contributed by atoms with E-state index in [9.17, 15) is 0 Å². The molecule has 2 unspecified atom stereocenters. The van der Waals surface area contributed by atoms with Crippen LogP contribution in [0.1, 0.15) is 39.2 Å². The maximum Gasteiger partial charge on any atom is 0.190 e. The zero-order valence-electron chi connectivity index (χ0n) is 18.2. The zero-order chi connectivity index (χ0) is 20.7. The van der Waals surface area contributed by atoms with E-state index in [0.29, 0.717) is 5.92 Å². The molecular weight excluding hydrogens is 362 g/mol. The van der Waals surface area contributed by atoms with Crippen LogP contribution in [0.5, 0.6) is 0 Å². The van der Waals surface area contributed by atoms with Gasteiger partial charge in [0, 0.05) is 38.9 Å². The lowest BCUT2D eigenvalue weighted by Crippen LogP contribution is -2.47. The lowest BCUT2D eigenvalue weighted by atomic mass is 9.78. The smallest absolute Gasteiger partial charge is 0.190 e. The third-order valence-corrected chi connectivity index (χ3v) is 5.42. The van der Waals surface area contributed by atoms with Gasteiger partial charge in [-0.05, 0) is 42.4 Å². The molecule has 0 amide bonds. The number of hydrogen-bond acceptors (Lipinski definition) is 3. The van der Waals surface area contributed by atoms with Gasteiger partial charge >= 0.3 is 0 Å². The highest BCUT2D eigenvalue weighted by molar-refractivity contribution is 5.79. The summed E-state index contributed by atoms with van der Waals surface area (Å²) in [6.07, 6.45) is 7.52. The normalized spacial score (nSPS) is 20.5. The molecule has 1 aliphatic heterocycles. The van der Waals surface area contributed by atoms with Gasteiger partial charge in [0.05, 0.1) is 18.0 Å². The van der Waals surface area contributed by atoms with E-state index in [1.165, 1.54) is 12.0 Å². The monoisotopic (exact) mass is 397 g/mol. The van der Waals surface area contributed by atoms with Crippen molar-refractivity contribution in [2.75, 3.05) is 26.7 Å². The van der Waals surface area contributed by atoms with Crippen molar-refractivity contribution in [1.82, 2.24) is 20.4 Å². The van der Waals surface area contributed by atoms with E-state index in [1.54, 1.807) is 0 Å². The fourth-order valence-electron chi connectivity index (χ4n) is 3.99. The van der Waals surface area contributed by atoms with Gasteiger partial charge in [-0.2, -0.15) is 5.10 Å². The van der Waals surface area contributed by atoms with Crippen LogP contribution in [-0.2, 0) is 11.2 Å². The van der Waals surface area contributed by atoms with Crippen molar-refractivity contribution >= 4 is 5.96 Å². The van der Waals surface area contributed by atoms with Crippen molar-refractivity contribution in [2.24, 2.45) is 16.3 Å². The molecule has 6 heteroatoms. The first-order valence-electron chi connectivity index (χ1n) is 10.6. The Balaban J connectivity index is 1.46. The van der Waals surface area contributed by atoms with Crippen LogP contribution >= 0.6 is 0 Å². The summed E-state index contributed by atoms with van der Waals surface area (Å²) in [5.74, 6) is 1.35. The van der Waals surface area contributed by atoms with Gasteiger partial charge in [-0.3, -0.25) is 4.99 Å². The first kappa shape index (κ1) is 21.4. The number of aliphatic imine (C=N–C) groups is 1. The summed E-state index contributed by atoms with van der Waals surface area (Å²) < 4.78 is 8.00. The van der Waals surface area contributed by atoms with Crippen LogP contribution in [0.4, 0.5) is 0 Å². The highest BCUT2D eigenvalue weighted by Crippen LogP contribution is 2.33. The van der Waals surface area contributed by atoms with Crippen molar-refractivity contribution in [1.29, 1.82) is 0 Å². The highest BCUT2D eigenvalue weighted by atomic mass is 16.5. The number of guanidine groups is 1. The number of nitrogens with one attached hydrogen (secondary N) is 2. The molecular formula is C23H35N5O. The molecule has 2 aromatic rings. The molecule has 29 heavy (non-hydrogen) atoms. The second-order valence-corrected chi connectivity index (χ2v) is 8.82. The van der Waals surface area contributed by atoms with E-state index < -0.39 is 0 Å². The summed E-state index contributed by atoms with van der Waals surface area (Å²) in [5, 5.41) is 11.4. The average molecular weight is 398 g/mol. The van der Waals surface area contributed by atoms with Gasteiger partial charge < -0.3 is 15.4 Å². The van der Waals surface area contributed by atoms with Gasteiger partial charge in [-0.15, -0.1) is 0 Å². The number of ether oxygens (including phenoxy) is 1. The Morgan fingerprint density at radius 2 is 2.03 bits per heavy atom. The molecule has 1 aromatic heterocycles. The van der Waals surface area contributed by atoms with Gasteiger partial charge in [0.1, 0.15) is 0 Å². The Bertz CT molecular complexity index is 778. The van der Waals surface area contributed by atoms with E-state index in [4.69, 9.17) is 4.74 Å². The summed E-state index contributed by atoms with van der Waals surface area (Å²) >= 11 is 0. The predicted molar refractivity (Wildman–Crippen MR) is 119 cm³/mol. The first-order chi connectivity index (χ1) is 14.0.